The van der Waals surface area contributed by atoms with Crippen LogP contribution in [0.2, 0.25) is 0 Å². The second kappa shape index (κ2) is 3.61. The van der Waals surface area contributed by atoms with Gasteiger partial charge in [0.25, 0.3) is 0 Å². The molecule has 0 radical (unpaired) electrons. The molecule has 0 atom stereocenters. The summed E-state index contributed by atoms with van der Waals surface area (Å²) in [4.78, 5) is 11.4. The molecule has 0 aliphatic carbocycles. The standard InChI is InChI=1S/C10H9NO4/c1-6-8(10(12)13-2)9(15-11-6)7-4-3-5-14-7/h3-5H,1-2H3. The van der Waals surface area contributed by atoms with Gasteiger partial charge in [0.05, 0.1) is 19.1 Å². The van der Waals surface area contributed by atoms with E-state index in [1.54, 1.807) is 19.1 Å². The number of aromatic nitrogens is 1. The highest BCUT2D eigenvalue weighted by atomic mass is 16.5. The molecular weight excluding hydrogens is 198 g/mol. The second-order valence-electron chi connectivity index (χ2n) is 2.94. The fourth-order valence-electron chi connectivity index (χ4n) is 1.29. The second-order valence-corrected chi connectivity index (χ2v) is 2.94. The molecule has 0 fully saturated rings. The molecule has 0 aromatic carbocycles. The third-order valence-corrected chi connectivity index (χ3v) is 2.00. The van der Waals surface area contributed by atoms with Gasteiger partial charge in [0.2, 0.25) is 5.76 Å². The van der Waals surface area contributed by atoms with E-state index in [9.17, 15) is 4.79 Å². The topological polar surface area (TPSA) is 65.5 Å². The highest BCUT2D eigenvalue weighted by Crippen LogP contribution is 2.26. The molecule has 78 valence electrons. The van der Waals surface area contributed by atoms with Crippen LogP contribution < -0.4 is 0 Å². The Morgan fingerprint density at radius 2 is 2.33 bits per heavy atom. The maximum absolute atomic E-state index is 11.4. The summed E-state index contributed by atoms with van der Waals surface area (Å²) in [6.07, 6.45) is 1.49. The first-order valence-electron chi connectivity index (χ1n) is 4.32. The van der Waals surface area contributed by atoms with Gasteiger partial charge in [-0.15, -0.1) is 0 Å². The third kappa shape index (κ3) is 1.52. The van der Waals surface area contributed by atoms with Crippen LogP contribution in [0, 0.1) is 6.92 Å². The molecule has 2 aromatic rings. The molecule has 5 heteroatoms. The average molecular weight is 207 g/mol. The fraction of sp³-hybridized carbons (Fsp3) is 0.200. The van der Waals surface area contributed by atoms with E-state index in [0.717, 1.165) is 0 Å². The van der Waals surface area contributed by atoms with E-state index >= 15 is 0 Å². The number of furan rings is 1. The molecule has 2 rings (SSSR count). The molecule has 2 heterocycles. The number of ether oxygens (including phenoxy) is 1. The Kier molecular flexibility index (Phi) is 2.29. The van der Waals surface area contributed by atoms with Gasteiger partial charge in [-0.05, 0) is 19.1 Å². The zero-order valence-electron chi connectivity index (χ0n) is 8.31. The van der Waals surface area contributed by atoms with E-state index in [0.29, 0.717) is 22.8 Å². The van der Waals surface area contributed by atoms with Crippen molar-refractivity contribution in [2.75, 3.05) is 7.11 Å². The first-order chi connectivity index (χ1) is 7.24. The zero-order chi connectivity index (χ0) is 10.8. The SMILES string of the molecule is COC(=O)c1c(C)noc1-c1ccco1. The lowest BCUT2D eigenvalue weighted by atomic mass is 10.1. The lowest BCUT2D eigenvalue weighted by Gasteiger charge is -1.97. The number of methoxy groups -OCH3 is 1. The van der Waals surface area contributed by atoms with Crippen molar-refractivity contribution in [2.45, 2.75) is 6.92 Å². The number of carbonyl (C=O) groups is 1. The lowest BCUT2D eigenvalue weighted by molar-refractivity contribution is 0.0600. The smallest absolute Gasteiger partial charge is 0.343 e. The lowest BCUT2D eigenvalue weighted by Crippen LogP contribution is -2.03. The number of aryl methyl sites for hydroxylation is 1. The molecule has 0 aliphatic rings. The number of carbonyl (C=O) groups excluding carboxylic acids is 1. The van der Waals surface area contributed by atoms with Gasteiger partial charge in [-0.3, -0.25) is 0 Å². The molecule has 0 saturated carbocycles. The van der Waals surface area contributed by atoms with Crippen LogP contribution in [0.4, 0.5) is 0 Å². The van der Waals surface area contributed by atoms with Crippen molar-refractivity contribution in [3.05, 3.63) is 29.7 Å². The zero-order valence-corrected chi connectivity index (χ0v) is 8.31. The van der Waals surface area contributed by atoms with Crippen LogP contribution in [0.15, 0.2) is 27.3 Å². The van der Waals surface area contributed by atoms with Crippen LogP contribution in [0.3, 0.4) is 0 Å². The van der Waals surface area contributed by atoms with Crippen molar-refractivity contribution in [3.8, 4) is 11.5 Å². The van der Waals surface area contributed by atoms with Crippen molar-refractivity contribution >= 4 is 5.97 Å². The predicted octanol–water partition coefficient (Wildman–Crippen LogP) is 2.03. The van der Waals surface area contributed by atoms with E-state index in [1.165, 1.54) is 13.4 Å². The molecule has 0 unspecified atom stereocenters. The summed E-state index contributed by atoms with van der Waals surface area (Å²) < 4.78 is 14.8. The summed E-state index contributed by atoms with van der Waals surface area (Å²) in [7, 11) is 1.31. The Bertz CT molecular complexity index is 470. The fourth-order valence-corrected chi connectivity index (χ4v) is 1.29. The van der Waals surface area contributed by atoms with E-state index in [4.69, 9.17) is 8.94 Å². The van der Waals surface area contributed by atoms with Crippen LogP contribution in [0.5, 0.6) is 0 Å². The van der Waals surface area contributed by atoms with Gasteiger partial charge in [0.15, 0.2) is 5.76 Å². The first-order valence-corrected chi connectivity index (χ1v) is 4.32. The quantitative estimate of drug-likeness (QED) is 0.705. The molecule has 0 bridgehead atoms. The van der Waals surface area contributed by atoms with Crippen molar-refractivity contribution < 1.29 is 18.5 Å². The molecule has 0 spiro atoms. The van der Waals surface area contributed by atoms with Gasteiger partial charge in [0.1, 0.15) is 5.56 Å². The van der Waals surface area contributed by atoms with Gasteiger partial charge in [-0.2, -0.15) is 0 Å². The molecular formula is C10H9NO4. The van der Waals surface area contributed by atoms with Crippen molar-refractivity contribution in [2.24, 2.45) is 0 Å². The van der Waals surface area contributed by atoms with E-state index < -0.39 is 5.97 Å². The molecule has 0 amide bonds. The van der Waals surface area contributed by atoms with E-state index in [1.807, 2.05) is 0 Å². The Balaban J connectivity index is 2.54. The average Bonchev–Trinajstić information content (AvgIpc) is 2.85. The number of hydrogen-bond acceptors (Lipinski definition) is 5. The summed E-state index contributed by atoms with van der Waals surface area (Å²) >= 11 is 0. The van der Waals surface area contributed by atoms with Crippen LogP contribution >= 0.6 is 0 Å². The summed E-state index contributed by atoms with van der Waals surface area (Å²) in [5, 5.41) is 3.71. The molecule has 5 nitrogen and oxygen atoms in total. The molecule has 0 saturated heterocycles. The van der Waals surface area contributed by atoms with E-state index in [2.05, 4.69) is 9.89 Å². The van der Waals surface area contributed by atoms with Gasteiger partial charge in [-0.25, -0.2) is 4.79 Å². The molecule has 0 N–H and O–H groups in total. The number of rotatable bonds is 2. The maximum Gasteiger partial charge on any atom is 0.343 e. The minimum Gasteiger partial charge on any atom is -0.465 e. The summed E-state index contributed by atoms with van der Waals surface area (Å²) in [5.74, 6) is 0.264. The monoisotopic (exact) mass is 207 g/mol. The van der Waals surface area contributed by atoms with Crippen molar-refractivity contribution in [1.29, 1.82) is 0 Å². The Hall–Kier alpha value is -2.04. The summed E-state index contributed by atoms with van der Waals surface area (Å²) in [6, 6.07) is 3.39. The van der Waals surface area contributed by atoms with Crippen molar-refractivity contribution in [1.82, 2.24) is 5.16 Å². The minimum absolute atomic E-state index is 0.296. The molecule has 2 aromatic heterocycles. The van der Waals surface area contributed by atoms with Gasteiger partial charge < -0.3 is 13.7 Å². The number of esters is 1. The Morgan fingerprint density at radius 3 is 2.93 bits per heavy atom. The van der Waals surface area contributed by atoms with Gasteiger partial charge >= 0.3 is 5.97 Å². The van der Waals surface area contributed by atoms with Crippen LogP contribution in [0.1, 0.15) is 16.1 Å². The number of nitrogens with zero attached hydrogens (tertiary/aromatic N) is 1. The number of hydrogen-bond donors (Lipinski definition) is 0. The summed E-state index contributed by atoms with van der Waals surface area (Å²) in [5.41, 5.74) is 0.778. The van der Waals surface area contributed by atoms with Gasteiger partial charge in [0, 0.05) is 0 Å². The Labute approximate surface area is 85.6 Å². The maximum atomic E-state index is 11.4. The Morgan fingerprint density at radius 1 is 1.53 bits per heavy atom. The normalized spacial score (nSPS) is 10.3. The molecule has 0 aliphatic heterocycles. The molecule has 15 heavy (non-hydrogen) atoms. The van der Waals surface area contributed by atoms with Gasteiger partial charge in [-0.1, -0.05) is 5.16 Å². The first kappa shape index (κ1) is 9.51. The van der Waals surface area contributed by atoms with Crippen LogP contribution in [0.25, 0.3) is 11.5 Å². The predicted molar refractivity (Wildman–Crippen MR) is 50.3 cm³/mol. The summed E-state index contributed by atoms with van der Waals surface area (Å²) in [6.45, 7) is 1.67. The highest BCUT2D eigenvalue weighted by molar-refractivity contribution is 5.96. The third-order valence-electron chi connectivity index (χ3n) is 2.00. The van der Waals surface area contributed by atoms with Crippen LogP contribution in [-0.2, 0) is 4.74 Å². The van der Waals surface area contributed by atoms with E-state index in [-0.39, 0.29) is 0 Å². The van der Waals surface area contributed by atoms with Crippen LogP contribution in [-0.4, -0.2) is 18.2 Å². The largest absolute Gasteiger partial charge is 0.465 e. The van der Waals surface area contributed by atoms with Crippen molar-refractivity contribution in [3.63, 3.8) is 0 Å². The highest BCUT2D eigenvalue weighted by Gasteiger charge is 2.23. The minimum atomic E-state index is -0.486.